The van der Waals surface area contributed by atoms with Gasteiger partial charge in [-0.15, -0.1) is 0 Å². The van der Waals surface area contributed by atoms with Gasteiger partial charge in [0.1, 0.15) is 6.04 Å². The summed E-state index contributed by atoms with van der Waals surface area (Å²) in [5.41, 5.74) is 0. The summed E-state index contributed by atoms with van der Waals surface area (Å²) in [5, 5.41) is 11.6. The van der Waals surface area contributed by atoms with Crippen molar-refractivity contribution in [3.8, 4) is 0 Å². The average Bonchev–Trinajstić information content (AvgIpc) is 2.32. The van der Waals surface area contributed by atoms with Crippen LogP contribution in [0.5, 0.6) is 0 Å². The molecule has 0 saturated carbocycles. The zero-order chi connectivity index (χ0) is 13.6. The van der Waals surface area contributed by atoms with Gasteiger partial charge in [0.25, 0.3) is 0 Å². The van der Waals surface area contributed by atoms with Gasteiger partial charge in [0.2, 0.25) is 0 Å². The quantitative estimate of drug-likeness (QED) is 0.750. The first-order valence-corrected chi connectivity index (χ1v) is 6.11. The zero-order valence-corrected chi connectivity index (χ0v) is 11.4. The van der Waals surface area contributed by atoms with Gasteiger partial charge in [-0.2, -0.15) is 0 Å². The van der Waals surface area contributed by atoms with Crippen LogP contribution in [0.1, 0.15) is 40.5 Å². The molecule has 2 amide bonds. The Morgan fingerprint density at radius 3 is 2.12 bits per heavy atom. The molecule has 0 aliphatic heterocycles. The van der Waals surface area contributed by atoms with Crippen molar-refractivity contribution in [1.82, 2.24) is 10.2 Å². The van der Waals surface area contributed by atoms with Crippen molar-refractivity contribution in [2.24, 2.45) is 5.92 Å². The second-order valence-electron chi connectivity index (χ2n) is 4.52. The van der Waals surface area contributed by atoms with Crippen LogP contribution in [-0.2, 0) is 4.79 Å². The maximum Gasteiger partial charge on any atom is 0.326 e. The highest BCUT2D eigenvalue weighted by atomic mass is 16.4. The molecule has 0 bridgehead atoms. The molecular weight excluding hydrogens is 220 g/mol. The van der Waals surface area contributed by atoms with E-state index in [1.54, 1.807) is 11.9 Å². The van der Waals surface area contributed by atoms with E-state index < -0.39 is 12.0 Å². The van der Waals surface area contributed by atoms with E-state index in [-0.39, 0.29) is 18.0 Å². The van der Waals surface area contributed by atoms with Gasteiger partial charge < -0.3 is 15.3 Å². The Morgan fingerprint density at radius 2 is 1.76 bits per heavy atom. The second kappa shape index (κ2) is 7.14. The van der Waals surface area contributed by atoms with Gasteiger partial charge in [-0.05, 0) is 19.3 Å². The predicted octanol–water partition coefficient (Wildman–Crippen LogP) is 1.93. The highest BCUT2D eigenvalue weighted by Crippen LogP contribution is 2.09. The van der Waals surface area contributed by atoms with Crippen molar-refractivity contribution in [2.45, 2.75) is 52.6 Å². The molecule has 0 aromatic heterocycles. The maximum absolute atomic E-state index is 11.8. The van der Waals surface area contributed by atoms with Crippen LogP contribution in [0.2, 0.25) is 0 Å². The lowest BCUT2D eigenvalue weighted by Crippen LogP contribution is -2.51. The van der Waals surface area contributed by atoms with Crippen molar-refractivity contribution in [2.75, 3.05) is 7.05 Å². The Hall–Kier alpha value is -1.26. The van der Waals surface area contributed by atoms with Gasteiger partial charge in [-0.25, -0.2) is 9.59 Å². The number of hydrogen-bond donors (Lipinski definition) is 2. The van der Waals surface area contributed by atoms with Crippen LogP contribution in [0.4, 0.5) is 4.79 Å². The largest absolute Gasteiger partial charge is 0.480 e. The molecule has 0 saturated heterocycles. The SMILES string of the molecule is CCC(C)C(NC(=O)N(C)C(C)CC)C(=O)O. The number of rotatable bonds is 6. The molecule has 0 fully saturated rings. The molecule has 0 aromatic carbocycles. The van der Waals surface area contributed by atoms with E-state index >= 15 is 0 Å². The third kappa shape index (κ3) is 4.63. The molecule has 0 rings (SSSR count). The van der Waals surface area contributed by atoms with Crippen LogP contribution in [0, 0.1) is 5.92 Å². The lowest BCUT2D eigenvalue weighted by atomic mass is 9.99. The van der Waals surface area contributed by atoms with Crippen LogP contribution in [-0.4, -0.2) is 41.1 Å². The zero-order valence-electron chi connectivity index (χ0n) is 11.4. The molecule has 2 N–H and O–H groups in total. The molecule has 5 heteroatoms. The maximum atomic E-state index is 11.8. The number of amides is 2. The molecule has 0 spiro atoms. The number of hydrogen-bond acceptors (Lipinski definition) is 2. The van der Waals surface area contributed by atoms with Crippen molar-refractivity contribution in [1.29, 1.82) is 0 Å². The van der Waals surface area contributed by atoms with E-state index in [4.69, 9.17) is 5.11 Å². The minimum Gasteiger partial charge on any atom is -0.480 e. The number of aliphatic carboxylic acids is 1. The smallest absolute Gasteiger partial charge is 0.326 e. The van der Waals surface area contributed by atoms with Crippen LogP contribution in [0.3, 0.4) is 0 Å². The molecule has 17 heavy (non-hydrogen) atoms. The fourth-order valence-corrected chi connectivity index (χ4v) is 1.39. The normalized spacial score (nSPS) is 15.8. The van der Waals surface area contributed by atoms with Gasteiger partial charge >= 0.3 is 12.0 Å². The Kier molecular flexibility index (Phi) is 6.61. The minimum atomic E-state index is -0.981. The van der Waals surface area contributed by atoms with Crippen molar-refractivity contribution in [3.63, 3.8) is 0 Å². The van der Waals surface area contributed by atoms with E-state index in [9.17, 15) is 9.59 Å². The number of carbonyl (C=O) groups excluding carboxylic acids is 1. The van der Waals surface area contributed by atoms with Crippen LogP contribution < -0.4 is 5.32 Å². The van der Waals surface area contributed by atoms with Gasteiger partial charge in [0.15, 0.2) is 0 Å². The molecular formula is C12H24N2O3. The summed E-state index contributed by atoms with van der Waals surface area (Å²) in [6.45, 7) is 7.64. The topological polar surface area (TPSA) is 69.6 Å². The number of carbonyl (C=O) groups is 2. The first-order valence-electron chi connectivity index (χ1n) is 6.11. The van der Waals surface area contributed by atoms with Crippen LogP contribution in [0.15, 0.2) is 0 Å². The molecule has 100 valence electrons. The van der Waals surface area contributed by atoms with E-state index in [1.165, 1.54) is 0 Å². The second-order valence-corrected chi connectivity index (χ2v) is 4.52. The molecule has 5 nitrogen and oxygen atoms in total. The molecule has 3 unspecified atom stereocenters. The summed E-state index contributed by atoms with van der Waals surface area (Å²) in [7, 11) is 1.68. The highest BCUT2D eigenvalue weighted by molar-refractivity contribution is 5.82. The molecule has 3 atom stereocenters. The van der Waals surface area contributed by atoms with Crippen molar-refractivity contribution in [3.05, 3.63) is 0 Å². The molecule has 0 aliphatic rings. The van der Waals surface area contributed by atoms with E-state index in [1.807, 2.05) is 27.7 Å². The summed E-state index contributed by atoms with van der Waals surface area (Å²) in [6, 6.07) is -1.05. The number of urea groups is 1. The Labute approximate surface area is 103 Å². The molecule has 0 heterocycles. The summed E-state index contributed by atoms with van der Waals surface area (Å²) in [5.74, 6) is -1.06. The minimum absolute atomic E-state index is 0.0817. The summed E-state index contributed by atoms with van der Waals surface area (Å²) in [6.07, 6.45) is 1.55. The molecule has 0 aliphatic carbocycles. The highest BCUT2D eigenvalue weighted by Gasteiger charge is 2.27. The van der Waals surface area contributed by atoms with Crippen LogP contribution in [0.25, 0.3) is 0 Å². The monoisotopic (exact) mass is 244 g/mol. The Balaban J connectivity index is 4.56. The number of nitrogens with zero attached hydrogens (tertiary/aromatic N) is 1. The first-order chi connectivity index (χ1) is 7.84. The van der Waals surface area contributed by atoms with E-state index in [2.05, 4.69) is 5.32 Å². The summed E-state index contributed by atoms with van der Waals surface area (Å²) >= 11 is 0. The molecule has 0 aromatic rings. The van der Waals surface area contributed by atoms with E-state index in [0.29, 0.717) is 6.42 Å². The predicted molar refractivity (Wildman–Crippen MR) is 66.9 cm³/mol. The van der Waals surface area contributed by atoms with Crippen molar-refractivity contribution < 1.29 is 14.7 Å². The van der Waals surface area contributed by atoms with Crippen molar-refractivity contribution >= 4 is 12.0 Å². The van der Waals surface area contributed by atoms with Gasteiger partial charge in [0, 0.05) is 13.1 Å². The third-order valence-electron chi connectivity index (χ3n) is 3.33. The lowest BCUT2D eigenvalue weighted by molar-refractivity contribution is -0.140. The first kappa shape index (κ1) is 15.7. The van der Waals surface area contributed by atoms with Gasteiger partial charge in [-0.1, -0.05) is 27.2 Å². The average molecular weight is 244 g/mol. The molecule has 0 radical (unpaired) electrons. The summed E-state index contributed by atoms with van der Waals surface area (Å²) in [4.78, 5) is 24.4. The van der Waals surface area contributed by atoms with Gasteiger partial charge in [0.05, 0.1) is 0 Å². The van der Waals surface area contributed by atoms with Crippen LogP contribution >= 0.6 is 0 Å². The standard InChI is InChI=1S/C12H24N2O3/c1-6-8(3)10(11(15)16)13-12(17)14(5)9(4)7-2/h8-10H,6-7H2,1-5H3,(H,13,17)(H,15,16). The Morgan fingerprint density at radius 1 is 1.24 bits per heavy atom. The number of carboxylic acids is 1. The third-order valence-corrected chi connectivity index (χ3v) is 3.33. The van der Waals surface area contributed by atoms with Gasteiger partial charge in [-0.3, -0.25) is 0 Å². The number of carboxylic acid groups (broad SMARTS) is 1. The lowest BCUT2D eigenvalue weighted by Gasteiger charge is -2.27. The van der Waals surface area contributed by atoms with E-state index in [0.717, 1.165) is 6.42 Å². The summed E-state index contributed by atoms with van der Waals surface area (Å²) < 4.78 is 0. The Bertz CT molecular complexity index is 268. The number of nitrogens with one attached hydrogen (secondary N) is 1. The fraction of sp³-hybridized carbons (Fsp3) is 0.833. The fourth-order valence-electron chi connectivity index (χ4n) is 1.39.